The fraction of sp³-hybridized carbons (Fsp3) is 0.389. The molecule has 1 aliphatic rings. The molecule has 1 aromatic heterocycles. The summed E-state index contributed by atoms with van der Waals surface area (Å²) < 4.78 is 39.3. The molecule has 5 nitrogen and oxygen atoms in total. The van der Waals surface area contributed by atoms with Crippen molar-refractivity contribution in [2.24, 2.45) is 0 Å². The monoisotopic (exact) mass is 364 g/mol. The number of likely N-dealkylation sites (tertiary alicyclic amines) is 1. The number of hydrogen-bond donors (Lipinski definition) is 1. The summed E-state index contributed by atoms with van der Waals surface area (Å²) in [6, 6.07) is 6.53. The van der Waals surface area contributed by atoms with E-state index in [1.807, 2.05) is 0 Å². The molecule has 3 rings (SSSR count). The van der Waals surface area contributed by atoms with E-state index in [9.17, 15) is 18.0 Å². The molecule has 0 spiro atoms. The first kappa shape index (κ1) is 18.2. The van der Waals surface area contributed by atoms with E-state index in [1.165, 1.54) is 30.6 Å². The van der Waals surface area contributed by atoms with Gasteiger partial charge in [-0.1, -0.05) is 25.0 Å². The molecule has 1 amide bonds. The van der Waals surface area contributed by atoms with Crippen LogP contribution in [-0.4, -0.2) is 33.9 Å². The zero-order valence-corrected chi connectivity index (χ0v) is 14.1. The Hall–Kier alpha value is -2.64. The Labute approximate surface area is 149 Å². The Morgan fingerprint density at radius 3 is 2.42 bits per heavy atom. The Balaban J connectivity index is 1.81. The first-order valence-corrected chi connectivity index (χ1v) is 8.50. The van der Waals surface area contributed by atoms with E-state index in [4.69, 9.17) is 0 Å². The predicted octanol–water partition coefficient (Wildman–Crippen LogP) is 4.26. The third kappa shape index (κ3) is 4.30. The number of carbonyl (C=O) groups excluding carboxylic acids is 1. The number of rotatable bonds is 3. The van der Waals surface area contributed by atoms with Gasteiger partial charge in [0.2, 0.25) is 0 Å². The van der Waals surface area contributed by atoms with Crippen molar-refractivity contribution in [3.8, 4) is 0 Å². The van der Waals surface area contributed by atoms with Crippen LogP contribution in [-0.2, 0) is 6.18 Å². The second-order valence-corrected chi connectivity index (χ2v) is 6.16. The summed E-state index contributed by atoms with van der Waals surface area (Å²) in [7, 11) is 0. The summed E-state index contributed by atoms with van der Waals surface area (Å²) in [6.07, 6.45) is 0.774. The van der Waals surface area contributed by atoms with Crippen molar-refractivity contribution in [3.05, 3.63) is 47.9 Å². The summed E-state index contributed by atoms with van der Waals surface area (Å²) in [5, 5.41) is 2.65. The minimum atomic E-state index is -4.48. The van der Waals surface area contributed by atoms with Gasteiger partial charge in [0.05, 0.1) is 11.3 Å². The van der Waals surface area contributed by atoms with Gasteiger partial charge in [0.15, 0.2) is 0 Å². The summed E-state index contributed by atoms with van der Waals surface area (Å²) >= 11 is 0. The largest absolute Gasteiger partial charge is 0.418 e. The van der Waals surface area contributed by atoms with Crippen molar-refractivity contribution in [2.45, 2.75) is 31.9 Å². The predicted molar refractivity (Wildman–Crippen MR) is 91.1 cm³/mol. The quantitative estimate of drug-likeness (QED) is 0.884. The molecule has 8 heteroatoms. The highest BCUT2D eigenvalue weighted by molar-refractivity contribution is 5.93. The minimum absolute atomic E-state index is 0.119. The lowest BCUT2D eigenvalue weighted by Crippen LogP contribution is -2.32. The highest BCUT2D eigenvalue weighted by Crippen LogP contribution is 2.35. The SMILES string of the molecule is O=C(c1cc(Nc2ccccc2C(F)(F)F)ncn1)N1CCCCCC1. The second-order valence-electron chi connectivity index (χ2n) is 6.16. The van der Waals surface area contributed by atoms with Crippen LogP contribution in [0.1, 0.15) is 41.7 Å². The molecule has 1 aliphatic heterocycles. The molecule has 0 unspecified atom stereocenters. The third-order valence-electron chi connectivity index (χ3n) is 4.27. The number of benzene rings is 1. The molecule has 1 aromatic carbocycles. The van der Waals surface area contributed by atoms with Crippen LogP contribution in [0.25, 0.3) is 0 Å². The molecule has 0 aliphatic carbocycles. The average molecular weight is 364 g/mol. The van der Waals surface area contributed by atoms with Gasteiger partial charge >= 0.3 is 6.18 Å². The molecule has 1 fully saturated rings. The van der Waals surface area contributed by atoms with Gasteiger partial charge in [0.1, 0.15) is 17.8 Å². The number of carbonyl (C=O) groups is 1. The van der Waals surface area contributed by atoms with Crippen molar-refractivity contribution >= 4 is 17.4 Å². The van der Waals surface area contributed by atoms with Crippen LogP contribution < -0.4 is 5.32 Å². The second kappa shape index (κ2) is 7.72. The number of nitrogens with one attached hydrogen (secondary N) is 1. The lowest BCUT2D eigenvalue weighted by molar-refractivity contribution is -0.136. The third-order valence-corrected chi connectivity index (χ3v) is 4.27. The van der Waals surface area contributed by atoms with Gasteiger partial charge in [0, 0.05) is 19.2 Å². The van der Waals surface area contributed by atoms with E-state index >= 15 is 0 Å². The Morgan fingerprint density at radius 1 is 1.04 bits per heavy atom. The Kier molecular flexibility index (Phi) is 5.39. The lowest BCUT2D eigenvalue weighted by Gasteiger charge is -2.20. The molecule has 2 heterocycles. The average Bonchev–Trinajstić information content (AvgIpc) is 2.90. The molecule has 0 radical (unpaired) electrons. The summed E-state index contributed by atoms with van der Waals surface area (Å²) in [5.41, 5.74) is -0.736. The maximum absolute atomic E-state index is 13.1. The molecule has 2 aromatic rings. The molecule has 1 saturated heterocycles. The van der Waals surface area contributed by atoms with Crippen LogP contribution in [0.15, 0.2) is 36.7 Å². The van der Waals surface area contributed by atoms with Gasteiger partial charge in [-0.2, -0.15) is 13.2 Å². The van der Waals surface area contributed by atoms with Crippen molar-refractivity contribution in [1.29, 1.82) is 0 Å². The van der Waals surface area contributed by atoms with Gasteiger partial charge < -0.3 is 10.2 Å². The van der Waals surface area contributed by atoms with E-state index in [1.54, 1.807) is 4.90 Å². The summed E-state index contributed by atoms with van der Waals surface area (Å²) in [6.45, 7) is 1.34. The minimum Gasteiger partial charge on any atom is -0.340 e. The van der Waals surface area contributed by atoms with Gasteiger partial charge in [-0.05, 0) is 25.0 Å². The van der Waals surface area contributed by atoms with Crippen LogP contribution in [0.4, 0.5) is 24.7 Å². The highest BCUT2D eigenvalue weighted by Gasteiger charge is 2.33. The maximum atomic E-state index is 13.1. The van der Waals surface area contributed by atoms with Crippen molar-refractivity contribution < 1.29 is 18.0 Å². The van der Waals surface area contributed by atoms with Crippen LogP contribution in [0, 0.1) is 0 Å². The van der Waals surface area contributed by atoms with Crippen LogP contribution in [0.3, 0.4) is 0 Å². The van der Waals surface area contributed by atoms with Gasteiger partial charge in [-0.25, -0.2) is 9.97 Å². The van der Waals surface area contributed by atoms with Crippen LogP contribution >= 0.6 is 0 Å². The molecule has 0 atom stereocenters. The molecule has 1 N–H and O–H groups in total. The van der Waals surface area contributed by atoms with Gasteiger partial charge in [-0.3, -0.25) is 4.79 Å². The van der Waals surface area contributed by atoms with E-state index in [0.29, 0.717) is 13.1 Å². The summed E-state index contributed by atoms with van der Waals surface area (Å²) in [4.78, 5) is 22.3. The molecule has 0 bridgehead atoms. The van der Waals surface area contributed by atoms with Crippen molar-refractivity contribution in [2.75, 3.05) is 18.4 Å². The van der Waals surface area contributed by atoms with Gasteiger partial charge in [0.25, 0.3) is 5.91 Å². The van der Waals surface area contributed by atoms with Crippen molar-refractivity contribution in [3.63, 3.8) is 0 Å². The zero-order chi connectivity index (χ0) is 18.6. The van der Waals surface area contributed by atoms with Crippen LogP contribution in [0.5, 0.6) is 0 Å². The molecular formula is C18H19F3N4O. The smallest absolute Gasteiger partial charge is 0.340 e. The number of nitrogens with zero attached hydrogens (tertiary/aromatic N) is 3. The number of halogens is 3. The standard InChI is InChI=1S/C18H19F3N4O/c19-18(20,21)13-7-3-4-8-14(13)24-16-11-15(22-12-23-16)17(26)25-9-5-1-2-6-10-25/h3-4,7-8,11-12H,1-2,5-6,9-10H2,(H,22,23,24). The number of anilines is 2. The lowest BCUT2D eigenvalue weighted by atomic mass is 10.1. The fourth-order valence-electron chi connectivity index (χ4n) is 2.96. The topological polar surface area (TPSA) is 58.1 Å². The first-order chi connectivity index (χ1) is 12.4. The van der Waals surface area contributed by atoms with Crippen molar-refractivity contribution in [1.82, 2.24) is 14.9 Å². The number of hydrogen-bond acceptors (Lipinski definition) is 4. The van der Waals surface area contributed by atoms with E-state index < -0.39 is 11.7 Å². The van der Waals surface area contributed by atoms with E-state index in [-0.39, 0.29) is 23.1 Å². The number of amides is 1. The van der Waals surface area contributed by atoms with Gasteiger partial charge in [-0.15, -0.1) is 0 Å². The maximum Gasteiger partial charge on any atom is 0.418 e. The normalized spacial score (nSPS) is 15.4. The van der Waals surface area contributed by atoms with E-state index in [0.717, 1.165) is 31.7 Å². The molecule has 26 heavy (non-hydrogen) atoms. The number of aromatic nitrogens is 2. The number of alkyl halides is 3. The Bertz CT molecular complexity index is 771. The fourth-order valence-corrected chi connectivity index (χ4v) is 2.96. The Morgan fingerprint density at radius 2 is 1.73 bits per heavy atom. The molecular weight excluding hydrogens is 345 g/mol. The first-order valence-electron chi connectivity index (χ1n) is 8.50. The zero-order valence-electron chi connectivity index (χ0n) is 14.1. The van der Waals surface area contributed by atoms with E-state index in [2.05, 4.69) is 15.3 Å². The van der Waals surface area contributed by atoms with Crippen LogP contribution in [0.2, 0.25) is 0 Å². The highest BCUT2D eigenvalue weighted by atomic mass is 19.4. The number of para-hydroxylation sites is 1. The molecule has 138 valence electrons. The molecule has 0 saturated carbocycles. The summed E-state index contributed by atoms with van der Waals surface area (Å²) in [5.74, 6) is -0.0728.